The van der Waals surface area contributed by atoms with E-state index in [0.717, 1.165) is 11.8 Å². The number of hydrogen-bond acceptors (Lipinski definition) is 5. The van der Waals surface area contributed by atoms with Gasteiger partial charge in [-0.2, -0.15) is 0 Å². The number of pyridine rings is 1. The number of aromatic amines is 1. The Morgan fingerprint density at radius 1 is 1.24 bits per heavy atom. The summed E-state index contributed by atoms with van der Waals surface area (Å²) in [6.45, 7) is 5.21. The van der Waals surface area contributed by atoms with E-state index in [1.807, 2.05) is 18.2 Å². The highest BCUT2D eigenvalue weighted by atomic mass is 32.2. The van der Waals surface area contributed by atoms with Crippen molar-refractivity contribution in [1.29, 1.82) is 0 Å². The topological polar surface area (TPSA) is 88.3 Å². The fourth-order valence-electron chi connectivity index (χ4n) is 2.19. The molecular weight excluding hydrogens is 340 g/mol. The summed E-state index contributed by atoms with van der Waals surface area (Å²) in [6.07, 6.45) is -0.217. The Bertz CT molecular complexity index is 816. The molecule has 7 heteroatoms. The van der Waals surface area contributed by atoms with Gasteiger partial charge in [-0.25, -0.2) is 0 Å². The summed E-state index contributed by atoms with van der Waals surface area (Å²) in [5.74, 6) is -0.750. The van der Waals surface area contributed by atoms with Crippen LogP contribution in [0.2, 0.25) is 0 Å². The van der Waals surface area contributed by atoms with Crippen molar-refractivity contribution >= 4 is 29.3 Å². The highest BCUT2D eigenvalue weighted by Gasteiger charge is 2.18. The van der Waals surface area contributed by atoms with Crippen molar-refractivity contribution in [3.05, 3.63) is 57.9 Å². The van der Waals surface area contributed by atoms with Gasteiger partial charge in [0.1, 0.15) is 0 Å². The number of thioether (sulfide) groups is 1. The monoisotopic (exact) mass is 360 g/mol. The van der Waals surface area contributed by atoms with Gasteiger partial charge in [-0.3, -0.25) is 14.4 Å². The van der Waals surface area contributed by atoms with Gasteiger partial charge < -0.3 is 15.0 Å². The van der Waals surface area contributed by atoms with Crippen molar-refractivity contribution in [2.24, 2.45) is 0 Å². The summed E-state index contributed by atoms with van der Waals surface area (Å²) >= 11 is 1.07. The maximum absolute atomic E-state index is 12.6. The van der Waals surface area contributed by atoms with E-state index in [1.54, 1.807) is 32.9 Å². The number of esters is 1. The minimum absolute atomic E-state index is 0.00316. The Kier molecular flexibility index (Phi) is 6.41. The molecule has 1 aromatic heterocycles. The van der Waals surface area contributed by atoms with Crippen molar-refractivity contribution < 1.29 is 14.3 Å². The summed E-state index contributed by atoms with van der Waals surface area (Å²) in [6, 6.07) is 10.4. The van der Waals surface area contributed by atoms with E-state index in [0.29, 0.717) is 21.8 Å². The quantitative estimate of drug-likeness (QED) is 0.611. The molecule has 0 aliphatic rings. The number of carbonyl (C=O) groups excluding carboxylic acids is 2. The molecule has 1 heterocycles. The van der Waals surface area contributed by atoms with E-state index < -0.39 is 5.97 Å². The van der Waals surface area contributed by atoms with Crippen LogP contribution in [0.1, 0.15) is 29.8 Å². The van der Waals surface area contributed by atoms with Crippen molar-refractivity contribution in [1.82, 2.24) is 4.98 Å². The number of aryl methyl sites for hydroxylation is 1. The summed E-state index contributed by atoms with van der Waals surface area (Å²) in [5, 5.41) is 3.13. The first-order valence-electron chi connectivity index (χ1n) is 7.79. The third-order valence-electron chi connectivity index (χ3n) is 3.17. The molecule has 2 N–H and O–H groups in total. The van der Waals surface area contributed by atoms with Crippen LogP contribution in [-0.4, -0.2) is 28.7 Å². The van der Waals surface area contributed by atoms with E-state index in [4.69, 9.17) is 4.74 Å². The lowest BCUT2D eigenvalue weighted by atomic mass is 10.1. The van der Waals surface area contributed by atoms with Gasteiger partial charge in [-0.1, -0.05) is 30.0 Å². The van der Waals surface area contributed by atoms with Crippen LogP contribution in [0.25, 0.3) is 0 Å². The zero-order valence-corrected chi connectivity index (χ0v) is 15.1. The zero-order valence-electron chi connectivity index (χ0n) is 14.3. The molecule has 0 saturated heterocycles. The normalized spacial score (nSPS) is 10.6. The summed E-state index contributed by atoms with van der Waals surface area (Å²) in [7, 11) is 0. The van der Waals surface area contributed by atoms with Gasteiger partial charge in [0.25, 0.3) is 5.91 Å². The minimum atomic E-state index is -0.406. The van der Waals surface area contributed by atoms with Crippen LogP contribution in [0.15, 0.2) is 46.2 Å². The highest BCUT2D eigenvalue weighted by Crippen LogP contribution is 2.23. The molecule has 2 rings (SSSR count). The molecule has 132 valence electrons. The third-order valence-corrected chi connectivity index (χ3v) is 4.14. The number of anilines is 1. The number of carbonyl (C=O) groups is 2. The molecule has 0 bridgehead atoms. The van der Waals surface area contributed by atoms with E-state index in [-0.39, 0.29) is 23.3 Å². The van der Waals surface area contributed by atoms with Crippen LogP contribution in [0.3, 0.4) is 0 Å². The minimum Gasteiger partial charge on any atom is -0.462 e. The van der Waals surface area contributed by atoms with Crippen LogP contribution in [0.5, 0.6) is 0 Å². The van der Waals surface area contributed by atoms with Gasteiger partial charge in [0.15, 0.2) is 0 Å². The molecule has 25 heavy (non-hydrogen) atoms. The van der Waals surface area contributed by atoms with Gasteiger partial charge in [0.05, 0.1) is 22.4 Å². The molecule has 0 radical (unpaired) electrons. The molecule has 1 aromatic carbocycles. The van der Waals surface area contributed by atoms with Crippen LogP contribution >= 0.6 is 11.8 Å². The number of ether oxygens (including phenoxy) is 1. The smallest absolute Gasteiger partial charge is 0.316 e. The maximum atomic E-state index is 12.6. The lowest BCUT2D eigenvalue weighted by molar-refractivity contribution is -0.144. The van der Waals surface area contributed by atoms with E-state index >= 15 is 0 Å². The number of amides is 1. The van der Waals surface area contributed by atoms with E-state index in [2.05, 4.69) is 10.3 Å². The Morgan fingerprint density at radius 2 is 1.92 bits per heavy atom. The number of benzene rings is 1. The SMILES string of the molecule is Cc1cc(=O)[nH]c(SCC(=O)OC(C)C)c1C(=O)Nc1ccccc1. The molecule has 0 aliphatic heterocycles. The summed E-state index contributed by atoms with van der Waals surface area (Å²) in [4.78, 5) is 38.7. The fraction of sp³-hybridized carbons (Fsp3) is 0.278. The maximum Gasteiger partial charge on any atom is 0.316 e. The molecule has 0 saturated carbocycles. The largest absolute Gasteiger partial charge is 0.462 e. The molecule has 1 amide bonds. The number of aromatic nitrogens is 1. The second-order valence-corrected chi connectivity index (χ2v) is 6.65. The fourth-order valence-corrected chi connectivity index (χ4v) is 3.09. The van der Waals surface area contributed by atoms with Crippen molar-refractivity contribution in [2.45, 2.75) is 31.9 Å². The van der Waals surface area contributed by atoms with Crippen molar-refractivity contribution in [2.75, 3.05) is 11.1 Å². The highest BCUT2D eigenvalue weighted by molar-refractivity contribution is 8.00. The molecule has 0 fully saturated rings. The predicted octanol–water partition coefficient (Wildman–Crippen LogP) is 2.98. The predicted molar refractivity (Wildman–Crippen MR) is 98.1 cm³/mol. The number of para-hydroxylation sites is 1. The molecule has 0 atom stereocenters. The molecule has 0 unspecified atom stereocenters. The Balaban J connectivity index is 2.23. The first-order chi connectivity index (χ1) is 11.9. The van der Waals surface area contributed by atoms with Crippen molar-refractivity contribution in [3.63, 3.8) is 0 Å². The zero-order chi connectivity index (χ0) is 18.4. The standard InChI is InChI=1S/C18H20N2O4S/c1-11(2)24-15(22)10-25-18-16(12(3)9-14(21)20-18)17(23)19-13-7-5-4-6-8-13/h4-9,11H,10H2,1-3H3,(H,19,23)(H,20,21). The third kappa shape index (κ3) is 5.49. The van der Waals surface area contributed by atoms with E-state index in [1.165, 1.54) is 6.07 Å². The molecular formula is C18H20N2O4S. The van der Waals surface area contributed by atoms with Crippen LogP contribution in [0, 0.1) is 6.92 Å². The van der Waals surface area contributed by atoms with Gasteiger partial charge in [-0.05, 0) is 38.5 Å². The number of H-pyrrole nitrogens is 1. The Labute approximate surface area is 150 Å². The summed E-state index contributed by atoms with van der Waals surface area (Å²) < 4.78 is 5.08. The Morgan fingerprint density at radius 3 is 2.56 bits per heavy atom. The molecule has 6 nitrogen and oxygen atoms in total. The van der Waals surface area contributed by atoms with Gasteiger partial charge in [0, 0.05) is 11.8 Å². The van der Waals surface area contributed by atoms with Gasteiger partial charge in [-0.15, -0.1) is 0 Å². The van der Waals surface area contributed by atoms with Gasteiger partial charge in [0.2, 0.25) is 5.56 Å². The average Bonchev–Trinajstić information content (AvgIpc) is 2.52. The molecule has 2 aromatic rings. The van der Waals surface area contributed by atoms with Gasteiger partial charge >= 0.3 is 5.97 Å². The second-order valence-electron chi connectivity index (χ2n) is 5.67. The Hall–Kier alpha value is -2.54. The van der Waals surface area contributed by atoms with E-state index in [9.17, 15) is 14.4 Å². The first kappa shape index (κ1) is 18.8. The summed E-state index contributed by atoms with van der Waals surface area (Å²) in [5.41, 5.74) is 1.20. The average molecular weight is 360 g/mol. The number of hydrogen-bond donors (Lipinski definition) is 2. The van der Waals surface area contributed by atoms with Crippen LogP contribution < -0.4 is 10.9 Å². The molecule has 0 aliphatic carbocycles. The van der Waals surface area contributed by atoms with Crippen LogP contribution in [-0.2, 0) is 9.53 Å². The van der Waals surface area contributed by atoms with Crippen molar-refractivity contribution in [3.8, 4) is 0 Å². The first-order valence-corrected chi connectivity index (χ1v) is 8.78. The lowest BCUT2D eigenvalue weighted by Crippen LogP contribution is -2.20. The lowest BCUT2D eigenvalue weighted by Gasteiger charge is -2.13. The second kappa shape index (κ2) is 8.53. The number of nitrogens with one attached hydrogen (secondary N) is 2. The van der Waals surface area contributed by atoms with Crippen LogP contribution in [0.4, 0.5) is 5.69 Å². The number of rotatable bonds is 6. The molecule has 0 spiro atoms.